The molecule has 0 aliphatic carbocycles. The minimum Gasteiger partial charge on any atom is -0.497 e. The molecule has 0 bridgehead atoms. The molecule has 25 heavy (non-hydrogen) atoms. The van der Waals surface area contributed by atoms with E-state index in [1.165, 1.54) is 0 Å². The highest BCUT2D eigenvalue weighted by molar-refractivity contribution is 5.89. The Bertz CT molecular complexity index is 875. The van der Waals surface area contributed by atoms with Crippen LogP contribution in [0.15, 0.2) is 42.7 Å². The van der Waals surface area contributed by atoms with Crippen molar-refractivity contribution >= 4 is 17.4 Å². The highest BCUT2D eigenvalue weighted by atomic mass is 16.5. The van der Waals surface area contributed by atoms with E-state index in [9.17, 15) is 4.79 Å². The first-order valence-corrected chi connectivity index (χ1v) is 8.14. The summed E-state index contributed by atoms with van der Waals surface area (Å²) < 4.78 is 6.92. The minimum absolute atomic E-state index is 0.232. The van der Waals surface area contributed by atoms with Crippen molar-refractivity contribution in [3.63, 3.8) is 0 Å². The zero-order chi connectivity index (χ0) is 17.6. The summed E-state index contributed by atoms with van der Waals surface area (Å²) in [5.41, 5.74) is 3.57. The van der Waals surface area contributed by atoms with Gasteiger partial charge in [-0.25, -0.2) is 14.3 Å². The Morgan fingerprint density at radius 1 is 1.32 bits per heavy atom. The van der Waals surface area contributed by atoms with Gasteiger partial charge in [0.2, 0.25) is 0 Å². The van der Waals surface area contributed by atoms with Crippen molar-refractivity contribution in [2.45, 2.75) is 19.8 Å². The van der Waals surface area contributed by atoms with E-state index >= 15 is 0 Å². The molecule has 2 heterocycles. The zero-order valence-corrected chi connectivity index (χ0v) is 14.3. The number of amides is 2. The summed E-state index contributed by atoms with van der Waals surface area (Å²) >= 11 is 0. The molecule has 0 fully saturated rings. The molecule has 7 nitrogen and oxygen atoms in total. The van der Waals surface area contributed by atoms with Gasteiger partial charge in [-0.3, -0.25) is 0 Å². The van der Waals surface area contributed by atoms with Crippen LogP contribution in [0.4, 0.5) is 10.5 Å². The number of carbonyl (C=O) groups excluding carboxylic acids is 1. The number of hydrogen-bond donors (Lipinski definition) is 2. The van der Waals surface area contributed by atoms with Gasteiger partial charge in [-0.2, -0.15) is 5.10 Å². The van der Waals surface area contributed by atoms with Gasteiger partial charge in [0.05, 0.1) is 12.8 Å². The van der Waals surface area contributed by atoms with E-state index in [-0.39, 0.29) is 6.03 Å². The van der Waals surface area contributed by atoms with Crippen LogP contribution in [0, 0.1) is 6.92 Å². The van der Waals surface area contributed by atoms with Crippen molar-refractivity contribution in [2.24, 2.45) is 0 Å². The lowest BCUT2D eigenvalue weighted by Gasteiger charge is -2.08. The molecular formula is C18H21N5O2. The summed E-state index contributed by atoms with van der Waals surface area (Å²) in [6.07, 6.45) is 5.47. The van der Waals surface area contributed by atoms with Gasteiger partial charge in [0.15, 0.2) is 5.65 Å². The van der Waals surface area contributed by atoms with E-state index in [2.05, 4.69) is 20.7 Å². The number of rotatable bonds is 6. The smallest absolute Gasteiger partial charge is 0.319 e. The molecule has 0 spiro atoms. The molecule has 3 aromatic rings. The van der Waals surface area contributed by atoms with Gasteiger partial charge in [-0.1, -0.05) is 6.07 Å². The quantitative estimate of drug-likeness (QED) is 0.677. The van der Waals surface area contributed by atoms with Crippen molar-refractivity contribution in [3.8, 4) is 5.75 Å². The third-order valence-electron chi connectivity index (χ3n) is 3.74. The third kappa shape index (κ3) is 4.47. The van der Waals surface area contributed by atoms with Crippen molar-refractivity contribution in [2.75, 3.05) is 19.0 Å². The molecule has 0 saturated carbocycles. The van der Waals surface area contributed by atoms with Gasteiger partial charge in [0.1, 0.15) is 5.75 Å². The van der Waals surface area contributed by atoms with Crippen LogP contribution in [0.5, 0.6) is 5.75 Å². The molecule has 2 aromatic heterocycles. The van der Waals surface area contributed by atoms with Gasteiger partial charge in [0.25, 0.3) is 0 Å². The molecule has 3 rings (SSSR count). The van der Waals surface area contributed by atoms with Crippen molar-refractivity contribution in [1.29, 1.82) is 0 Å². The van der Waals surface area contributed by atoms with Crippen LogP contribution in [0.3, 0.4) is 0 Å². The molecule has 2 N–H and O–H groups in total. The van der Waals surface area contributed by atoms with Crippen molar-refractivity contribution < 1.29 is 9.53 Å². The Kier molecular flexibility index (Phi) is 5.13. The average Bonchev–Trinajstić information content (AvgIpc) is 2.98. The van der Waals surface area contributed by atoms with Crippen LogP contribution in [0.1, 0.15) is 17.7 Å². The molecule has 0 unspecified atom stereocenters. The Hall–Kier alpha value is -3.09. The first kappa shape index (κ1) is 16.8. The number of carbonyl (C=O) groups is 1. The first-order valence-electron chi connectivity index (χ1n) is 8.14. The highest BCUT2D eigenvalue weighted by Crippen LogP contribution is 2.16. The van der Waals surface area contributed by atoms with Crippen LogP contribution < -0.4 is 15.4 Å². The predicted octanol–water partition coefficient (Wildman–Crippen LogP) is 2.80. The van der Waals surface area contributed by atoms with Gasteiger partial charge in [-0.15, -0.1) is 0 Å². The van der Waals surface area contributed by atoms with Crippen LogP contribution in [0.2, 0.25) is 0 Å². The fourth-order valence-electron chi connectivity index (χ4n) is 2.53. The molecule has 130 valence electrons. The number of aryl methyl sites for hydroxylation is 2. The maximum absolute atomic E-state index is 11.9. The monoisotopic (exact) mass is 339 g/mol. The number of ether oxygens (including phenoxy) is 1. The molecule has 0 aliphatic heterocycles. The number of aromatic nitrogens is 3. The number of urea groups is 1. The first-order chi connectivity index (χ1) is 12.1. The van der Waals surface area contributed by atoms with Crippen LogP contribution in [-0.4, -0.2) is 34.3 Å². The Balaban J connectivity index is 1.44. The number of benzene rings is 1. The summed E-state index contributed by atoms with van der Waals surface area (Å²) in [4.78, 5) is 16.3. The van der Waals surface area contributed by atoms with E-state index in [4.69, 9.17) is 4.74 Å². The maximum atomic E-state index is 11.9. The van der Waals surface area contributed by atoms with E-state index in [1.54, 1.807) is 17.7 Å². The van der Waals surface area contributed by atoms with Crippen LogP contribution in [-0.2, 0) is 6.42 Å². The van der Waals surface area contributed by atoms with Gasteiger partial charge in [-0.05, 0) is 37.5 Å². The van der Waals surface area contributed by atoms with Gasteiger partial charge >= 0.3 is 6.03 Å². The molecular weight excluding hydrogens is 318 g/mol. The Morgan fingerprint density at radius 2 is 2.20 bits per heavy atom. The fraction of sp³-hybridized carbons (Fsp3) is 0.278. The second kappa shape index (κ2) is 7.65. The molecule has 1 aromatic carbocycles. The highest BCUT2D eigenvalue weighted by Gasteiger charge is 2.04. The standard InChI is InChI=1S/C18H21N5O2/c1-13-9-17-20-11-14(12-23(17)22-13)5-4-8-19-18(24)21-15-6-3-7-16(10-15)25-2/h3,6-7,9-12H,4-5,8H2,1-2H3,(H2,19,21,24). The summed E-state index contributed by atoms with van der Waals surface area (Å²) in [7, 11) is 1.59. The van der Waals surface area contributed by atoms with Crippen molar-refractivity contribution in [1.82, 2.24) is 19.9 Å². The number of methoxy groups -OCH3 is 1. The fourth-order valence-corrected chi connectivity index (χ4v) is 2.53. The third-order valence-corrected chi connectivity index (χ3v) is 3.74. The SMILES string of the molecule is COc1cccc(NC(=O)NCCCc2cnc3cc(C)nn3c2)c1. The molecule has 7 heteroatoms. The summed E-state index contributed by atoms with van der Waals surface area (Å²) in [6.45, 7) is 2.52. The Morgan fingerprint density at radius 3 is 3.04 bits per heavy atom. The Labute approximate surface area is 146 Å². The molecule has 2 amide bonds. The molecule has 0 aliphatic rings. The average molecular weight is 339 g/mol. The summed E-state index contributed by atoms with van der Waals surface area (Å²) in [5.74, 6) is 0.703. The topological polar surface area (TPSA) is 80.5 Å². The zero-order valence-electron chi connectivity index (χ0n) is 14.3. The number of hydrogen-bond acceptors (Lipinski definition) is 4. The normalized spacial score (nSPS) is 10.6. The van der Waals surface area contributed by atoms with E-state index < -0.39 is 0 Å². The largest absolute Gasteiger partial charge is 0.497 e. The number of anilines is 1. The van der Waals surface area contributed by atoms with Crippen LogP contribution in [0.25, 0.3) is 5.65 Å². The van der Waals surface area contributed by atoms with E-state index in [0.29, 0.717) is 18.0 Å². The lowest BCUT2D eigenvalue weighted by molar-refractivity contribution is 0.252. The maximum Gasteiger partial charge on any atom is 0.319 e. The predicted molar refractivity (Wildman–Crippen MR) is 96.1 cm³/mol. The molecule has 0 radical (unpaired) electrons. The number of fused-ring (bicyclic) bond motifs is 1. The lowest BCUT2D eigenvalue weighted by atomic mass is 10.2. The summed E-state index contributed by atoms with van der Waals surface area (Å²) in [5, 5.41) is 9.99. The second-order valence-electron chi connectivity index (χ2n) is 5.77. The number of nitrogens with zero attached hydrogens (tertiary/aromatic N) is 3. The van der Waals surface area contributed by atoms with Gasteiger partial charge < -0.3 is 15.4 Å². The van der Waals surface area contributed by atoms with Crippen LogP contribution >= 0.6 is 0 Å². The summed E-state index contributed by atoms with van der Waals surface area (Å²) in [6, 6.07) is 8.95. The number of nitrogens with one attached hydrogen (secondary N) is 2. The lowest BCUT2D eigenvalue weighted by Crippen LogP contribution is -2.29. The minimum atomic E-state index is -0.232. The van der Waals surface area contributed by atoms with E-state index in [0.717, 1.165) is 29.7 Å². The second-order valence-corrected chi connectivity index (χ2v) is 5.77. The molecule has 0 saturated heterocycles. The van der Waals surface area contributed by atoms with Gasteiger partial charge in [0, 0.05) is 36.8 Å². The van der Waals surface area contributed by atoms with Crippen molar-refractivity contribution in [3.05, 3.63) is 54.0 Å². The molecule has 0 atom stereocenters. The van der Waals surface area contributed by atoms with E-state index in [1.807, 2.05) is 43.6 Å².